The van der Waals surface area contributed by atoms with Gasteiger partial charge in [0, 0.05) is 10.9 Å². The number of carboxylic acids is 1. The summed E-state index contributed by atoms with van der Waals surface area (Å²) in [5, 5.41) is 18.5. The number of hydrogen-bond acceptors (Lipinski definition) is 7. The molecule has 0 radical (unpaired) electrons. The van der Waals surface area contributed by atoms with Crippen LogP contribution in [0, 0.1) is 0 Å². The summed E-state index contributed by atoms with van der Waals surface area (Å²) >= 11 is 0.977. The number of carboxylic acid groups (broad SMARTS) is 1. The summed E-state index contributed by atoms with van der Waals surface area (Å²) in [6.45, 7) is 0. The van der Waals surface area contributed by atoms with Gasteiger partial charge in [-0.05, 0) is 24.3 Å². The number of nitrogens with zero attached hydrogens (tertiary/aromatic N) is 2. The van der Waals surface area contributed by atoms with Crippen LogP contribution in [0.1, 0.15) is 10.5 Å². The summed E-state index contributed by atoms with van der Waals surface area (Å²) < 4.78 is 29.7. The number of benzene rings is 2. The number of hydrogen-bond donors (Lipinski definition) is 3. The number of rotatable bonds is 6. The van der Waals surface area contributed by atoms with Gasteiger partial charge in [0.2, 0.25) is 20.9 Å². The highest BCUT2D eigenvalue weighted by molar-refractivity contribution is 7.89. The van der Waals surface area contributed by atoms with Crippen molar-refractivity contribution in [2.45, 2.75) is 4.90 Å². The Kier molecular flexibility index (Phi) is 5.19. The van der Waals surface area contributed by atoms with Crippen molar-refractivity contribution in [1.29, 1.82) is 0 Å². The number of sulfonamides is 1. The van der Waals surface area contributed by atoms with Crippen molar-refractivity contribution in [1.82, 2.24) is 14.8 Å². The first-order chi connectivity index (χ1) is 14.7. The molecule has 4 aromatic rings. The maximum Gasteiger partial charge on any atom is 0.355 e. The molecule has 0 spiro atoms. The molecular weight excluding hydrogens is 444 g/mol. The zero-order chi connectivity index (χ0) is 22.2. The van der Waals surface area contributed by atoms with Crippen LogP contribution in [0.25, 0.3) is 16.4 Å². The predicted octanol–water partition coefficient (Wildman–Crippen LogP) is 2.43. The average molecular weight is 458 g/mol. The number of H-pyrrole nitrogens is 1. The molecule has 2 heterocycles. The molecule has 10 nitrogen and oxygen atoms in total. The third-order valence-electron chi connectivity index (χ3n) is 4.19. The van der Waals surface area contributed by atoms with Gasteiger partial charge in [0.25, 0.3) is 0 Å². The predicted molar refractivity (Wildman–Crippen MR) is 112 cm³/mol. The summed E-state index contributed by atoms with van der Waals surface area (Å²) in [6.07, 6.45) is 0. The van der Waals surface area contributed by atoms with Crippen molar-refractivity contribution in [3.63, 3.8) is 0 Å². The molecular formula is C19H14N4O6S2. The fourth-order valence-electron chi connectivity index (χ4n) is 2.73. The van der Waals surface area contributed by atoms with Crippen molar-refractivity contribution >= 4 is 27.3 Å². The van der Waals surface area contributed by atoms with Gasteiger partial charge in [-0.25, -0.2) is 23.3 Å². The van der Waals surface area contributed by atoms with Gasteiger partial charge in [0.15, 0.2) is 5.69 Å². The lowest BCUT2D eigenvalue weighted by Gasteiger charge is -2.06. The highest BCUT2D eigenvalue weighted by atomic mass is 32.2. The Morgan fingerprint density at radius 3 is 2.39 bits per heavy atom. The molecule has 158 valence electrons. The quantitative estimate of drug-likeness (QED) is 0.400. The van der Waals surface area contributed by atoms with E-state index >= 15 is 0 Å². The van der Waals surface area contributed by atoms with E-state index in [-0.39, 0.29) is 27.2 Å². The number of nitrogens with one attached hydrogen (secondary N) is 1. The maximum absolute atomic E-state index is 13.1. The van der Waals surface area contributed by atoms with Crippen LogP contribution in [-0.4, -0.2) is 34.3 Å². The normalized spacial score (nSPS) is 11.4. The van der Waals surface area contributed by atoms with E-state index in [2.05, 4.69) is 10.1 Å². The fourth-order valence-corrected chi connectivity index (χ4v) is 4.00. The number of aromatic nitrogens is 3. The monoisotopic (exact) mass is 458 g/mol. The number of aromatic amines is 1. The van der Waals surface area contributed by atoms with Gasteiger partial charge in [0.05, 0.1) is 4.90 Å². The lowest BCUT2D eigenvalue weighted by Crippen LogP contribution is -2.15. The summed E-state index contributed by atoms with van der Waals surface area (Å²) in [5.74, 6) is -1.07. The lowest BCUT2D eigenvalue weighted by atomic mass is 10.1. The van der Waals surface area contributed by atoms with Crippen LogP contribution in [0.5, 0.6) is 11.5 Å². The van der Waals surface area contributed by atoms with E-state index < -0.39 is 21.6 Å². The highest BCUT2D eigenvalue weighted by Gasteiger charge is 2.22. The number of carbonyl (C=O) groups is 1. The molecule has 2 aromatic heterocycles. The minimum absolute atomic E-state index is 0.0679. The van der Waals surface area contributed by atoms with E-state index in [1.807, 2.05) is 6.07 Å². The van der Waals surface area contributed by atoms with Crippen molar-refractivity contribution < 1.29 is 23.1 Å². The van der Waals surface area contributed by atoms with Gasteiger partial charge in [0.1, 0.15) is 11.4 Å². The molecule has 12 heteroatoms. The van der Waals surface area contributed by atoms with Crippen LogP contribution in [0.2, 0.25) is 0 Å². The molecule has 0 amide bonds. The van der Waals surface area contributed by atoms with E-state index in [1.165, 1.54) is 29.6 Å². The minimum atomic E-state index is -3.87. The number of aromatic carboxylic acids is 1. The second-order valence-corrected chi connectivity index (χ2v) is 8.66. The first-order valence-corrected chi connectivity index (χ1v) is 11.1. The fraction of sp³-hybridized carbons (Fsp3) is 0. The van der Waals surface area contributed by atoms with Crippen LogP contribution >= 0.6 is 11.3 Å². The molecule has 0 saturated carbocycles. The van der Waals surface area contributed by atoms with Gasteiger partial charge in [-0.1, -0.05) is 30.3 Å². The minimum Gasteiger partial charge on any atom is -0.476 e. The van der Waals surface area contributed by atoms with Gasteiger partial charge >= 0.3 is 11.5 Å². The molecule has 4 rings (SSSR count). The van der Waals surface area contributed by atoms with Crippen LogP contribution < -0.4 is 15.4 Å². The number of primary sulfonamides is 1. The molecule has 31 heavy (non-hydrogen) atoms. The van der Waals surface area contributed by atoms with Crippen molar-refractivity contribution in [2.75, 3.05) is 0 Å². The second-order valence-electron chi connectivity index (χ2n) is 6.26. The van der Waals surface area contributed by atoms with E-state index in [0.717, 1.165) is 16.0 Å². The van der Waals surface area contributed by atoms with Crippen LogP contribution in [0.15, 0.2) is 69.7 Å². The van der Waals surface area contributed by atoms with Gasteiger partial charge in [-0.3, -0.25) is 9.89 Å². The zero-order valence-electron chi connectivity index (χ0n) is 15.6. The number of nitrogens with two attached hydrogens (primary N) is 1. The molecule has 0 aliphatic rings. The van der Waals surface area contributed by atoms with Crippen LogP contribution in [0.4, 0.5) is 0 Å². The first-order valence-electron chi connectivity index (χ1n) is 8.64. The van der Waals surface area contributed by atoms with Crippen molar-refractivity contribution in [2.24, 2.45) is 5.14 Å². The Bertz CT molecular complexity index is 1420. The van der Waals surface area contributed by atoms with E-state index in [9.17, 15) is 18.0 Å². The second kappa shape index (κ2) is 7.83. The Labute approximate surface area is 179 Å². The van der Waals surface area contributed by atoms with E-state index in [4.69, 9.17) is 15.0 Å². The first kappa shape index (κ1) is 20.5. The maximum atomic E-state index is 13.1. The Hall–Kier alpha value is -3.74. The lowest BCUT2D eigenvalue weighted by molar-refractivity contribution is 0.0691. The Balaban J connectivity index is 1.81. The molecule has 4 N–H and O–H groups in total. The van der Waals surface area contributed by atoms with Gasteiger partial charge in [-0.15, -0.1) is 11.3 Å². The van der Waals surface area contributed by atoms with Crippen LogP contribution in [-0.2, 0) is 10.0 Å². The van der Waals surface area contributed by atoms with E-state index in [1.54, 1.807) is 24.3 Å². The van der Waals surface area contributed by atoms with Crippen molar-refractivity contribution in [3.8, 4) is 27.9 Å². The Morgan fingerprint density at radius 2 is 1.81 bits per heavy atom. The third-order valence-corrected chi connectivity index (χ3v) is 5.94. The summed E-state index contributed by atoms with van der Waals surface area (Å²) in [5.41, 5.74) is 0.196. The largest absolute Gasteiger partial charge is 0.476 e. The molecule has 2 aromatic carbocycles. The average Bonchev–Trinajstić information content (AvgIpc) is 3.34. The number of thiazole rings is 1. The highest BCUT2D eigenvalue weighted by Crippen LogP contribution is 2.30. The zero-order valence-corrected chi connectivity index (χ0v) is 17.2. The summed E-state index contributed by atoms with van der Waals surface area (Å²) in [7, 11) is -3.87. The molecule has 0 aliphatic heterocycles. The molecule has 0 aliphatic carbocycles. The molecule has 0 fully saturated rings. The third kappa shape index (κ3) is 4.12. The van der Waals surface area contributed by atoms with Gasteiger partial charge in [-0.2, -0.15) is 4.68 Å². The van der Waals surface area contributed by atoms with Crippen molar-refractivity contribution in [3.05, 3.63) is 76.0 Å². The summed E-state index contributed by atoms with van der Waals surface area (Å²) in [4.78, 5) is 28.1. The van der Waals surface area contributed by atoms with E-state index in [0.29, 0.717) is 11.3 Å². The smallest absolute Gasteiger partial charge is 0.355 e. The molecule has 0 saturated heterocycles. The Morgan fingerprint density at radius 1 is 1.13 bits per heavy atom. The SMILES string of the molecule is NS(=O)(=O)c1ccc(Oc2c(-c3ccccc3)[nH]n(-c3nc(C(=O)O)cs3)c2=O)cc1. The summed E-state index contributed by atoms with van der Waals surface area (Å²) in [6, 6.07) is 14.2. The molecule has 0 unspecified atom stereocenters. The molecule has 0 atom stereocenters. The number of ether oxygens (including phenoxy) is 1. The van der Waals surface area contributed by atoms with Crippen LogP contribution in [0.3, 0.4) is 0 Å². The topological polar surface area (TPSA) is 157 Å². The molecule has 0 bridgehead atoms. The van der Waals surface area contributed by atoms with Gasteiger partial charge < -0.3 is 9.84 Å². The standard InChI is InChI=1S/C19H14N4O6S2/c20-31(27,28)13-8-6-12(7-9-13)29-16-15(11-4-2-1-3-5-11)22-23(17(16)24)19-21-14(10-30-19)18(25)26/h1-10,22H,(H,25,26)(H2,20,27,28).